The molecule has 0 amide bonds. The van der Waals surface area contributed by atoms with Crippen LogP contribution in [0, 0.1) is 0 Å². The second-order valence-electron chi connectivity index (χ2n) is 4.82. The first-order valence-electron chi connectivity index (χ1n) is 7.65. The zero-order valence-corrected chi connectivity index (χ0v) is 12.1. The number of unbranched alkanes of at least 4 members (excludes halogenated alkanes) is 8. The van der Waals surface area contributed by atoms with Gasteiger partial charge in [-0.15, -0.1) is 0 Å². The SMILES string of the molecule is CCC/C=C/CCCCCCC/C=C/CCC=O. The highest BCUT2D eigenvalue weighted by molar-refractivity contribution is 5.49. The van der Waals surface area contributed by atoms with Gasteiger partial charge in [0.25, 0.3) is 0 Å². The highest BCUT2D eigenvalue weighted by Crippen LogP contribution is 2.08. The molecular formula is C17H30O. The Morgan fingerprint density at radius 1 is 0.611 bits per heavy atom. The fourth-order valence-corrected chi connectivity index (χ4v) is 1.86. The average molecular weight is 250 g/mol. The van der Waals surface area contributed by atoms with Crippen LogP contribution in [0.25, 0.3) is 0 Å². The topological polar surface area (TPSA) is 17.1 Å². The summed E-state index contributed by atoms with van der Waals surface area (Å²) in [7, 11) is 0. The van der Waals surface area contributed by atoms with Crippen LogP contribution in [0.5, 0.6) is 0 Å². The number of aldehydes is 1. The number of rotatable bonds is 13. The summed E-state index contributed by atoms with van der Waals surface area (Å²) < 4.78 is 0. The molecule has 1 heteroatoms. The molecule has 0 aliphatic carbocycles. The van der Waals surface area contributed by atoms with Crippen molar-refractivity contribution >= 4 is 6.29 Å². The van der Waals surface area contributed by atoms with E-state index in [2.05, 4.69) is 31.2 Å². The van der Waals surface area contributed by atoms with Crippen molar-refractivity contribution in [1.29, 1.82) is 0 Å². The molecule has 0 rings (SSSR count). The molecule has 0 saturated heterocycles. The van der Waals surface area contributed by atoms with E-state index in [1.807, 2.05) is 0 Å². The molecule has 0 aromatic carbocycles. The molecule has 0 fully saturated rings. The van der Waals surface area contributed by atoms with E-state index in [1.54, 1.807) is 0 Å². The van der Waals surface area contributed by atoms with Gasteiger partial charge in [0.15, 0.2) is 0 Å². The monoisotopic (exact) mass is 250 g/mol. The molecule has 0 radical (unpaired) electrons. The standard InChI is InChI=1S/C17H30O/c1-2-3-4-5-6-7-8-9-10-11-12-13-14-15-16-17-18/h4-5,13-14,17H,2-3,6-12,15-16H2,1H3/b5-4+,14-13+. The highest BCUT2D eigenvalue weighted by atomic mass is 16.1. The first kappa shape index (κ1) is 17.2. The van der Waals surface area contributed by atoms with E-state index in [0.717, 1.165) is 12.7 Å². The lowest BCUT2D eigenvalue weighted by atomic mass is 10.1. The molecular weight excluding hydrogens is 220 g/mol. The average Bonchev–Trinajstić information content (AvgIpc) is 2.39. The molecule has 0 aliphatic heterocycles. The summed E-state index contributed by atoms with van der Waals surface area (Å²) in [5, 5.41) is 0. The van der Waals surface area contributed by atoms with E-state index in [-0.39, 0.29) is 0 Å². The Labute approximate surface area is 113 Å². The Bertz CT molecular complexity index is 216. The van der Waals surface area contributed by atoms with Crippen LogP contribution in [0.4, 0.5) is 0 Å². The van der Waals surface area contributed by atoms with Crippen LogP contribution in [-0.2, 0) is 4.79 Å². The van der Waals surface area contributed by atoms with Crippen LogP contribution >= 0.6 is 0 Å². The van der Waals surface area contributed by atoms with Gasteiger partial charge in [0.1, 0.15) is 6.29 Å². The lowest BCUT2D eigenvalue weighted by Crippen LogP contribution is -1.78. The van der Waals surface area contributed by atoms with Gasteiger partial charge in [-0.1, -0.05) is 56.9 Å². The normalized spacial score (nSPS) is 11.6. The Kier molecular flexibility index (Phi) is 15.4. The van der Waals surface area contributed by atoms with Crippen LogP contribution in [0.15, 0.2) is 24.3 Å². The van der Waals surface area contributed by atoms with E-state index >= 15 is 0 Å². The van der Waals surface area contributed by atoms with Gasteiger partial charge >= 0.3 is 0 Å². The number of allylic oxidation sites excluding steroid dienone is 4. The fourth-order valence-electron chi connectivity index (χ4n) is 1.86. The molecule has 0 aromatic rings. The van der Waals surface area contributed by atoms with E-state index in [9.17, 15) is 4.79 Å². The summed E-state index contributed by atoms with van der Waals surface area (Å²) >= 11 is 0. The summed E-state index contributed by atoms with van der Waals surface area (Å²) in [6.07, 6.45) is 23.2. The van der Waals surface area contributed by atoms with Crippen LogP contribution in [0.2, 0.25) is 0 Å². The molecule has 1 nitrogen and oxygen atoms in total. The van der Waals surface area contributed by atoms with Gasteiger partial charge in [0, 0.05) is 6.42 Å². The lowest BCUT2D eigenvalue weighted by molar-refractivity contribution is -0.107. The summed E-state index contributed by atoms with van der Waals surface area (Å²) in [6.45, 7) is 2.22. The van der Waals surface area contributed by atoms with E-state index in [1.165, 1.54) is 57.8 Å². The van der Waals surface area contributed by atoms with Crippen molar-refractivity contribution in [1.82, 2.24) is 0 Å². The number of carbonyl (C=O) groups excluding carboxylic acids is 1. The van der Waals surface area contributed by atoms with Crippen molar-refractivity contribution in [3.05, 3.63) is 24.3 Å². The van der Waals surface area contributed by atoms with Crippen molar-refractivity contribution in [3.8, 4) is 0 Å². The van der Waals surface area contributed by atoms with E-state index in [4.69, 9.17) is 0 Å². The van der Waals surface area contributed by atoms with Crippen LogP contribution in [-0.4, -0.2) is 6.29 Å². The molecule has 104 valence electrons. The number of hydrogen-bond donors (Lipinski definition) is 0. The third-order valence-electron chi connectivity index (χ3n) is 2.98. The number of carbonyl (C=O) groups is 1. The minimum absolute atomic E-state index is 0.669. The van der Waals surface area contributed by atoms with Crippen molar-refractivity contribution in [2.75, 3.05) is 0 Å². The van der Waals surface area contributed by atoms with Crippen molar-refractivity contribution in [3.63, 3.8) is 0 Å². The Morgan fingerprint density at radius 2 is 1.11 bits per heavy atom. The quantitative estimate of drug-likeness (QED) is 0.236. The summed E-state index contributed by atoms with van der Waals surface area (Å²) in [5.41, 5.74) is 0. The molecule has 0 saturated carbocycles. The summed E-state index contributed by atoms with van der Waals surface area (Å²) in [4.78, 5) is 10.1. The maximum atomic E-state index is 10.1. The second kappa shape index (κ2) is 16.1. The summed E-state index contributed by atoms with van der Waals surface area (Å²) in [5.74, 6) is 0. The molecule has 18 heavy (non-hydrogen) atoms. The van der Waals surface area contributed by atoms with Crippen LogP contribution in [0.3, 0.4) is 0 Å². The molecule has 0 N–H and O–H groups in total. The molecule has 0 unspecified atom stereocenters. The third kappa shape index (κ3) is 15.1. The summed E-state index contributed by atoms with van der Waals surface area (Å²) in [6, 6.07) is 0. The molecule has 0 bridgehead atoms. The van der Waals surface area contributed by atoms with Gasteiger partial charge in [0.2, 0.25) is 0 Å². The van der Waals surface area contributed by atoms with Gasteiger partial charge in [-0.05, 0) is 38.5 Å². The predicted molar refractivity (Wildman–Crippen MR) is 80.8 cm³/mol. The largest absolute Gasteiger partial charge is 0.303 e. The minimum Gasteiger partial charge on any atom is -0.303 e. The molecule has 0 aromatic heterocycles. The first-order chi connectivity index (χ1) is 8.91. The van der Waals surface area contributed by atoms with E-state index < -0.39 is 0 Å². The predicted octanol–water partition coefficient (Wildman–Crippen LogP) is 5.61. The van der Waals surface area contributed by atoms with Gasteiger partial charge in [0.05, 0.1) is 0 Å². The van der Waals surface area contributed by atoms with Crippen LogP contribution < -0.4 is 0 Å². The Balaban J connectivity index is 3.07. The maximum Gasteiger partial charge on any atom is 0.120 e. The molecule has 0 spiro atoms. The first-order valence-corrected chi connectivity index (χ1v) is 7.65. The smallest absolute Gasteiger partial charge is 0.120 e. The molecule has 0 atom stereocenters. The minimum atomic E-state index is 0.669. The van der Waals surface area contributed by atoms with Crippen LogP contribution in [0.1, 0.15) is 77.6 Å². The van der Waals surface area contributed by atoms with Gasteiger partial charge < -0.3 is 4.79 Å². The fraction of sp³-hybridized carbons (Fsp3) is 0.706. The maximum absolute atomic E-state index is 10.1. The highest BCUT2D eigenvalue weighted by Gasteiger charge is 1.89. The van der Waals surface area contributed by atoms with Gasteiger partial charge in [-0.3, -0.25) is 0 Å². The van der Waals surface area contributed by atoms with Gasteiger partial charge in [-0.25, -0.2) is 0 Å². The number of hydrogen-bond acceptors (Lipinski definition) is 1. The molecule has 0 aliphatic rings. The Morgan fingerprint density at radius 3 is 1.67 bits per heavy atom. The Hall–Kier alpha value is -0.850. The third-order valence-corrected chi connectivity index (χ3v) is 2.98. The van der Waals surface area contributed by atoms with Crippen molar-refractivity contribution in [2.45, 2.75) is 77.6 Å². The second-order valence-corrected chi connectivity index (χ2v) is 4.82. The molecule has 0 heterocycles. The van der Waals surface area contributed by atoms with Gasteiger partial charge in [-0.2, -0.15) is 0 Å². The van der Waals surface area contributed by atoms with E-state index in [0.29, 0.717) is 6.42 Å². The van der Waals surface area contributed by atoms with Crippen molar-refractivity contribution in [2.24, 2.45) is 0 Å². The van der Waals surface area contributed by atoms with Crippen molar-refractivity contribution < 1.29 is 4.79 Å². The zero-order valence-electron chi connectivity index (χ0n) is 12.1. The zero-order chi connectivity index (χ0) is 13.3. The lowest BCUT2D eigenvalue weighted by Gasteiger charge is -1.98.